The van der Waals surface area contributed by atoms with E-state index < -0.39 is 53.6 Å². The topological polar surface area (TPSA) is 92.5 Å². The molecule has 1 heterocycles. The van der Waals surface area contributed by atoms with Gasteiger partial charge in [-0.25, -0.2) is 0 Å². The molecule has 0 saturated heterocycles. The van der Waals surface area contributed by atoms with E-state index in [0.29, 0.717) is 6.42 Å². The van der Waals surface area contributed by atoms with Crippen molar-refractivity contribution >= 4 is 40.9 Å². The molecule has 1 amide bonds. The summed E-state index contributed by atoms with van der Waals surface area (Å²) < 4.78 is 44.5. The third-order valence-electron chi connectivity index (χ3n) is 9.26. The molecule has 40 heavy (non-hydrogen) atoms. The molecule has 0 bridgehead atoms. The monoisotopic (exact) mass is 599 g/mol. The van der Waals surface area contributed by atoms with Crippen LogP contribution in [0.15, 0.2) is 24.4 Å². The number of Topliss-reactive ketones (excluding diaryl/α,β-unsaturated/α-hetero) is 1. The van der Waals surface area contributed by atoms with Crippen LogP contribution in [-0.2, 0) is 11.0 Å². The van der Waals surface area contributed by atoms with E-state index in [-0.39, 0.29) is 52.2 Å². The zero-order valence-electron chi connectivity index (χ0n) is 21.9. The van der Waals surface area contributed by atoms with Crippen LogP contribution >= 0.6 is 23.2 Å². The lowest BCUT2D eigenvalue weighted by Gasteiger charge is -2.59. The molecule has 1 aromatic carbocycles. The molecule has 12 heteroatoms. The number of carbonyl (C=O) groups excluding carboxylic acids is 2. The van der Waals surface area contributed by atoms with E-state index in [0.717, 1.165) is 36.6 Å². The lowest BCUT2D eigenvalue weighted by molar-refractivity contribution is -0.149. The molecule has 216 valence electrons. The Morgan fingerprint density at radius 3 is 2.30 bits per heavy atom. The minimum Gasteiger partial charge on any atom is -0.481 e. The Morgan fingerprint density at radius 1 is 1.12 bits per heavy atom. The maximum atomic E-state index is 14.6. The molecule has 3 aliphatic carbocycles. The number of amides is 1. The highest BCUT2D eigenvalue weighted by atomic mass is 35.5. The Bertz CT molecular complexity index is 1310. The van der Waals surface area contributed by atoms with Crippen molar-refractivity contribution in [2.75, 3.05) is 6.54 Å². The summed E-state index contributed by atoms with van der Waals surface area (Å²) in [4.78, 5) is 40.2. The minimum atomic E-state index is -4.90. The maximum Gasteiger partial charge on any atom is 0.433 e. The van der Waals surface area contributed by atoms with E-state index in [9.17, 15) is 32.7 Å². The van der Waals surface area contributed by atoms with Gasteiger partial charge in [0.15, 0.2) is 11.5 Å². The highest BCUT2D eigenvalue weighted by molar-refractivity contribution is 6.40. The number of carboxylic acids is 1. The van der Waals surface area contributed by atoms with E-state index in [1.165, 1.54) is 17.0 Å². The van der Waals surface area contributed by atoms with Crippen LogP contribution in [0.2, 0.25) is 10.0 Å². The number of alkyl halides is 3. The number of halogens is 5. The van der Waals surface area contributed by atoms with Gasteiger partial charge in [-0.05, 0) is 68.4 Å². The lowest BCUT2D eigenvalue weighted by atomic mass is 9.52. The summed E-state index contributed by atoms with van der Waals surface area (Å²) in [6.07, 6.45) is 0.719. The SMILES string of the molecule is C[C@@H]1C[C@@H](n2ncc(C(=O)N(CC(=O)c3c(Cl)cccc3Cl)[C@@H]3CCC34CCC4)c2C(F)(F)F)CC[C@@H]1C(=O)O. The highest BCUT2D eigenvalue weighted by Crippen LogP contribution is 2.58. The second-order valence-electron chi connectivity index (χ2n) is 11.5. The molecule has 0 radical (unpaired) electrons. The smallest absolute Gasteiger partial charge is 0.433 e. The summed E-state index contributed by atoms with van der Waals surface area (Å²) >= 11 is 12.5. The van der Waals surface area contributed by atoms with Gasteiger partial charge in [-0.3, -0.25) is 19.1 Å². The largest absolute Gasteiger partial charge is 0.481 e. The van der Waals surface area contributed by atoms with Crippen molar-refractivity contribution in [1.82, 2.24) is 14.7 Å². The van der Waals surface area contributed by atoms with Gasteiger partial charge in [-0.2, -0.15) is 18.3 Å². The number of hydrogen-bond donors (Lipinski definition) is 1. The summed E-state index contributed by atoms with van der Waals surface area (Å²) in [5.41, 5.74) is -1.95. The number of rotatable bonds is 7. The fourth-order valence-electron chi connectivity index (χ4n) is 6.89. The summed E-state index contributed by atoms with van der Waals surface area (Å²) in [5, 5.41) is 13.7. The molecule has 0 unspecified atom stereocenters. The minimum absolute atomic E-state index is 0.0292. The number of benzene rings is 1. The van der Waals surface area contributed by atoms with Gasteiger partial charge >= 0.3 is 12.1 Å². The third kappa shape index (κ3) is 5.02. The molecule has 3 saturated carbocycles. The predicted molar refractivity (Wildman–Crippen MR) is 142 cm³/mol. The number of ketones is 1. The molecule has 3 fully saturated rings. The van der Waals surface area contributed by atoms with E-state index in [4.69, 9.17) is 23.2 Å². The van der Waals surface area contributed by atoms with Crippen molar-refractivity contribution in [2.45, 2.75) is 76.6 Å². The molecule has 2 aromatic rings. The number of carbonyl (C=O) groups is 3. The van der Waals surface area contributed by atoms with Crippen LogP contribution in [0.25, 0.3) is 0 Å². The van der Waals surface area contributed by atoms with Crippen LogP contribution < -0.4 is 0 Å². The number of nitrogens with zero attached hydrogens (tertiary/aromatic N) is 3. The molecule has 5 rings (SSSR count). The molecular formula is C28H30Cl2F3N3O4. The van der Waals surface area contributed by atoms with Crippen molar-refractivity contribution in [2.24, 2.45) is 17.3 Å². The van der Waals surface area contributed by atoms with Crippen LogP contribution in [0.4, 0.5) is 13.2 Å². The summed E-state index contributed by atoms with van der Waals surface area (Å²) in [6, 6.07) is 3.48. The maximum absolute atomic E-state index is 14.6. The van der Waals surface area contributed by atoms with Crippen LogP contribution in [-0.4, -0.2) is 50.0 Å². The van der Waals surface area contributed by atoms with Crippen molar-refractivity contribution in [1.29, 1.82) is 0 Å². The van der Waals surface area contributed by atoms with Gasteiger partial charge in [-0.1, -0.05) is 42.6 Å². The van der Waals surface area contributed by atoms with Gasteiger partial charge in [0.1, 0.15) is 0 Å². The average molecular weight is 600 g/mol. The molecule has 4 atom stereocenters. The fraction of sp³-hybridized carbons (Fsp3) is 0.571. The Balaban J connectivity index is 1.50. The Kier molecular flexibility index (Phi) is 7.72. The van der Waals surface area contributed by atoms with Crippen molar-refractivity contribution in [3.8, 4) is 0 Å². The van der Waals surface area contributed by atoms with Crippen molar-refractivity contribution in [3.63, 3.8) is 0 Å². The number of aliphatic carboxylic acids is 1. The highest BCUT2D eigenvalue weighted by Gasteiger charge is 2.55. The summed E-state index contributed by atoms with van der Waals surface area (Å²) in [7, 11) is 0. The van der Waals surface area contributed by atoms with Crippen LogP contribution in [0.5, 0.6) is 0 Å². The first kappa shape index (κ1) is 28.9. The quantitative estimate of drug-likeness (QED) is 0.348. The Labute approximate surface area is 239 Å². The first-order chi connectivity index (χ1) is 18.8. The fourth-order valence-corrected chi connectivity index (χ4v) is 7.50. The van der Waals surface area contributed by atoms with Gasteiger partial charge in [-0.15, -0.1) is 0 Å². The number of carboxylic acid groups (broad SMARTS) is 1. The first-order valence-electron chi connectivity index (χ1n) is 13.5. The van der Waals surface area contributed by atoms with Gasteiger partial charge in [0.05, 0.1) is 45.9 Å². The van der Waals surface area contributed by atoms with Gasteiger partial charge in [0, 0.05) is 6.04 Å². The molecular weight excluding hydrogens is 570 g/mol. The van der Waals surface area contributed by atoms with E-state index >= 15 is 0 Å². The van der Waals surface area contributed by atoms with Crippen molar-refractivity contribution in [3.05, 3.63) is 51.3 Å². The predicted octanol–water partition coefficient (Wildman–Crippen LogP) is 6.93. The molecule has 3 aliphatic rings. The Morgan fingerprint density at radius 2 is 1.80 bits per heavy atom. The molecule has 7 nitrogen and oxygen atoms in total. The summed E-state index contributed by atoms with van der Waals surface area (Å²) in [6.45, 7) is 1.24. The lowest BCUT2D eigenvalue weighted by Crippen LogP contribution is -2.61. The third-order valence-corrected chi connectivity index (χ3v) is 9.89. The average Bonchev–Trinajstić information content (AvgIpc) is 3.27. The van der Waals surface area contributed by atoms with E-state index in [2.05, 4.69) is 5.10 Å². The normalized spacial score (nSPS) is 25.6. The van der Waals surface area contributed by atoms with Crippen LogP contribution in [0.3, 0.4) is 0 Å². The zero-order chi connectivity index (χ0) is 29.0. The zero-order valence-corrected chi connectivity index (χ0v) is 23.4. The van der Waals surface area contributed by atoms with Crippen molar-refractivity contribution < 1.29 is 32.7 Å². The molecule has 1 aromatic heterocycles. The molecule has 1 N–H and O–H groups in total. The van der Waals surface area contributed by atoms with E-state index in [1.54, 1.807) is 13.0 Å². The Hall–Kier alpha value is -2.59. The molecule has 1 spiro atoms. The second kappa shape index (κ2) is 10.7. The number of hydrogen-bond acceptors (Lipinski definition) is 4. The second-order valence-corrected chi connectivity index (χ2v) is 12.3. The standard InChI is InChI=1S/C28H30Cl2F3N3O4/c1-15-12-16(6-7-17(15)26(39)40)36-24(28(31,32)33)18(13-34-36)25(38)35(22-8-11-27(22)9-3-10-27)14-21(37)23-19(29)4-2-5-20(23)30/h2,4-5,13,15-17,22H,3,6-12,14H2,1H3,(H,39,40)/t15-,16+,17+,22-/m1/s1. The van der Waals surface area contributed by atoms with Crippen LogP contribution in [0.1, 0.15) is 90.7 Å². The van der Waals surface area contributed by atoms with E-state index in [1.807, 2.05) is 0 Å². The van der Waals surface area contributed by atoms with Gasteiger partial charge in [0.2, 0.25) is 0 Å². The summed E-state index contributed by atoms with van der Waals surface area (Å²) in [5.74, 6) is -3.42. The van der Waals surface area contributed by atoms with Gasteiger partial charge < -0.3 is 10.0 Å². The van der Waals surface area contributed by atoms with Crippen LogP contribution in [0, 0.1) is 17.3 Å². The number of aromatic nitrogens is 2. The molecule has 0 aliphatic heterocycles. The van der Waals surface area contributed by atoms with Gasteiger partial charge in [0.25, 0.3) is 5.91 Å². The first-order valence-corrected chi connectivity index (χ1v) is 14.3.